The van der Waals surface area contributed by atoms with Crippen LogP contribution < -0.4 is 9.46 Å². The van der Waals surface area contributed by atoms with Gasteiger partial charge in [0.15, 0.2) is 0 Å². The molecule has 3 aromatic rings. The van der Waals surface area contributed by atoms with Gasteiger partial charge in [-0.05, 0) is 43.3 Å². The molecule has 0 saturated heterocycles. The lowest BCUT2D eigenvalue weighted by Crippen LogP contribution is -2.26. The van der Waals surface area contributed by atoms with Crippen LogP contribution in [0.5, 0.6) is 5.75 Å². The number of carbonyl (C=O) groups excluding carboxylic acids is 1. The quantitative estimate of drug-likeness (QED) is 0.620. The van der Waals surface area contributed by atoms with E-state index in [0.717, 1.165) is 11.1 Å². The Morgan fingerprint density at radius 3 is 2.40 bits per heavy atom. The van der Waals surface area contributed by atoms with E-state index in [2.05, 4.69) is 4.72 Å². The minimum Gasteiger partial charge on any atom is -0.496 e. The second kappa shape index (κ2) is 9.00. The molecule has 0 unspecified atom stereocenters. The molecule has 0 bridgehead atoms. The highest BCUT2D eigenvalue weighted by molar-refractivity contribution is 7.92. The molecule has 0 radical (unpaired) electrons. The van der Waals surface area contributed by atoms with Crippen molar-refractivity contribution in [1.82, 2.24) is 4.90 Å². The molecule has 0 heterocycles. The molecule has 156 valence electrons. The summed E-state index contributed by atoms with van der Waals surface area (Å²) in [4.78, 5) is 14.4. The Bertz CT molecular complexity index is 1140. The van der Waals surface area contributed by atoms with Crippen LogP contribution >= 0.6 is 0 Å². The average Bonchev–Trinajstić information content (AvgIpc) is 2.75. The molecular weight excluding hydrogens is 400 g/mol. The number of hydrogen-bond donors (Lipinski definition) is 1. The third-order valence-corrected chi connectivity index (χ3v) is 6.02. The van der Waals surface area contributed by atoms with Crippen LogP contribution in [-0.4, -0.2) is 33.4 Å². The van der Waals surface area contributed by atoms with Crippen molar-refractivity contribution >= 4 is 21.6 Å². The van der Waals surface area contributed by atoms with Crippen LogP contribution in [0.2, 0.25) is 0 Å². The molecule has 0 aromatic heterocycles. The smallest absolute Gasteiger partial charge is 0.261 e. The van der Waals surface area contributed by atoms with E-state index in [0.29, 0.717) is 23.5 Å². The zero-order chi connectivity index (χ0) is 21.7. The fourth-order valence-corrected chi connectivity index (χ4v) is 4.12. The number of anilines is 1. The number of nitrogens with one attached hydrogen (secondary N) is 1. The Kier molecular flexibility index (Phi) is 6.42. The van der Waals surface area contributed by atoms with Gasteiger partial charge in [0.05, 0.1) is 12.0 Å². The lowest BCUT2D eigenvalue weighted by Gasteiger charge is -2.19. The van der Waals surface area contributed by atoms with E-state index in [1.807, 2.05) is 43.3 Å². The second-order valence-electron chi connectivity index (χ2n) is 6.97. The minimum absolute atomic E-state index is 0.0274. The maximum absolute atomic E-state index is 12.9. The molecule has 3 rings (SSSR count). The topological polar surface area (TPSA) is 75.7 Å². The number of sulfonamides is 1. The standard InChI is InChI=1S/C23H24N2O4S/c1-17-11-13-20(14-12-17)24-30(27,28)21-9-6-8-18(15-21)23(26)25(2)16-19-7-4-5-10-22(19)29-3/h4-15,24H,16H2,1-3H3. The summed E-state index contributed by atoms with van der Waals surface area (Å²) in [6.45, 7) is 2.26. The Labute approximate surface area is 177 Å². The number of benzene rings is 3. The molecular formula is C23H24N2O4S. The van der Waals surface area contributed by atoms with Gasteiger partial charge in [-0.1, -0.05) is 42.0 Å². The molecule has 1 amide bonds. The van der Waals surface area contributed by atoms with Crippen LogP contribution in [-0.2, 0) is 16.6 Å². The van der Waals surface area contributed by atoms with Crippen molar-refractivity contribution in [2.45, 2.75) is 18.4 Å². The van der Waals surface area contributed by atoms with E-state index < -0.39 is 10.0 Å². The number of nitrogens with zero attached hydrogens (tertiary/aromatic N) is 1. The third-order valence-electron chi connectivity index (χ3n) is 4.64. The Morgan fingerprint density at radius 2 is 1.70 bits per heavy atom. The zero-order valence-electron chi connectivity index (χ0n) is 17.1. The summed E-state index contributed by atoms with van der Waals surface area (Å²) in [5.41, 5.74) is 2.65. The van der Waals surface area contributed by atoms with Crippen LogP contribution in [0.3, 0.4) is 0 Å². The van der Waals surface area contributed by atoms with Crippen molar-refractivity contribution < 1.29 is 17.9 Å². The van der Waals surface area contributed by atoms with Crippen molar-refractivity contribution in [2.24, 2.45) is 0 Å². The van der Waals surface area contributed by atoms with Crippen molar-refractivity contribution in [3.8, 4) is 5.75 Å². The summed E-state index contributed by atoms with van der Waals surface area (Å²) in [6.07, 6.45) is 0. The van der Waals surface area contributed by atoms with Gasteiger partial charge >= 0.3 is 0 Å². The van der Waals surface area contributed by atoms with Gasteiger partial charge in [0.2, 0.25) is 0 Å². The van der Waals surface area contributed by atoms with Gasteiger partial charge in [-0.25, -0.2) is 8.42 Å². The Balaban J connectivity index is 1.79. The van der Waals surface area contributed by atoms with Crippen molar-refractivity contribution in [3.63, 3.8) is 0 Å². The molecule has 0 aliphatic carbocycles. The summed E-state index contributed by atoms with van der Waals surface area (Å²) < 4.78 is 33.4. The molecule has 0 aliphatic heterocycles. The predicted molar refractivity (Wildman–Crippen MR) is 117 cm³/mol. The number of aryl methyl sites for hydroxylation is 1. The second-order valence-corrected chi connectivity index (χ2v) is 8.65. The van der Waals surface area contributed by atoms with Crippen molar-refractivity contribution in [1.29, 1.82) is 0 Å². The van der Waals surface area contributed by atoms with E-state index >= 15 is 0 Å². The summed E-state index contributed by atoms with van der Waals surface area (Å²) in [7, 11) is -0.572. The monoisotopic (exact) mass is 424 g/mol. The third kappa shape index (κ3) is 4.99. The van der Waals surface area contributed by atoms with E-state index in [9.17, 15) is 13.2 Å². The maximum Gasteiger partial charge on any atom is 0.261 e. The first kappa shape index (κ1) is 21.4. The lowest BCUT2D eigenvalue weighted by molar-refractivity contribution is 0.0784. The molecule has 6 nitrogen and oxygen atoms in total. The zero-order valence-corrected chi connectivity index (χ0v) is 17.9. The number of amides is 1. The molecule has 3 aromatic carbocycles. The van der Waals surface area contributed by atoms with Crippen LogP contribution in [0.4, 0.5) is 5.69 Å². The molecule has 0 aliphatic rings. The lowest BCUT2D eigenvalue weighted by atomic mass is 10.1. The largest absolute Gasteiger partial charge is 0.496 e. The summed E-state index contributed by atoms with van der Waals surface area (Å²) in [6, 6.07) is 20.5. The Morgan fingerprint density at radius 1 is 1.00 bits per heavy atom. The average molecular weight is 425 g/mol. The predicted octanol–water partition coefficient (Wildman–Crippen LogP) is 4.08. The van der Waals surface area contributed by atoms with Gasteiger partial charge in [0.25, 0.3) is 15.9 Å². The summed E-state index contributed by atoms with van der Waals surface area (Å²) in [5, 5.41) is 0. The normalized spacial score (nSPS) is 11.0. The highest BCUT2D eigenvalue weighted by Crippen LogP contribution is 2.21. The van der Waals surface area contributed by atoms with E-state index in [-0.39, 0.29) is 10.8 Å². The first-order valence-electron chi connectivity index (χ1n) is 9.37. The first-order chi connectivity index (χ1) is 14.3. The van der Waals surface area contributed by atoms with Crippen LogP contribution in [0, 0.1) is 6.92 Å². The maximum atomic E-state index is 12.9. The molecule has 0 atom stereocenters. The highest BCUT2D eigenvalue weighted by atomic mass is 32.2. The van der Waals surface area contributed by atoms with Gasteiger partial charge in [0.1, 0.15) is 5.75 Å². The van der Waals surface area contributed by atoms with Crippen LogP contribution in [0.15, 0.2) is 77.7 Å². The van der Waals surface area contributed by atoms with E-state index in [1.165, 1.54) is 17.0 Å². The van der Waals surface area contributed by atoms with Crippen molar-refractivity contribution in [3.05, 3.63) is 89.5 Å². The molecule has 0 spiro atoms. The van der Waals surface area contributed by atoms with Crippen LogP contribution in [0.1, 0.15) is 21.5 Å². The number of methoxy groups -OCH3 is 1. The van der Waals surface area contributed by atoms with Gasteiger partial charge in [0, 0.05) is 30.4 Å². The van der Waals surface area contributed by atoms with E-state index in [1.54, 1.807) is 38.4 Å². The van der Waals surface area contributed by atoms with Crippen molar-refractivity contribution in [2.75, 3.05) is 18.9 Å². The molecule has 7 heteroatoms. The molecule has 0 saturated carbocycles. The van der Waals surface area contributed by atoms with Gasteiger partial charge in [-0.3, -0.25) is 9.52 Å². The first-order valence-corrected chi connectivity index (χ1v) is 10.9. The van der Waals surface area contributed by atoms with Crippen LogP contribution in [0.25, 0.3) is 0 Å². The number of ether oxygens (including phenoxy) is 1. The van der Waals surface area contributed by atoms with Gasteiger partial charge < -0.3 is 9.64 Å². The summed E-state index contributed by atoms with van der Waals surface area (Å²) >= 11 is 0. The fraction of sp³-hybridized carbons (Fsp3) is 0.174. The number of para-hydroxylation sites is 1. The SMILES string of the molecule is COc1ccccc1CN(C)C(=O)c1cccc(S(=O)(=O)Nc2ccc(C)cc2)c1. The van der Waals surface area contributed by atoms with Gasteiger partial charge in [-0.2, -0.15) is 0 Å². The molecule has 1 N–H and O–H groups in total. The number of carbonyl (C=O) groups is 1. The Hall–Kier alpha value is -3.32. The highest BCUT2D eigenvalue weighted by Gasteiger charge is 2.19. The molecule has 0 fully saturated rings. The fourth-order valence-electron chi connectivity index (χ4n) is 3.01. The van der Waals surface area contributed by atoms with E-state index in [4.69, 9.17) is 4.74 Å². The summed E-state index contributed by atoms with van der Waals surface area (Å²) in [5.74, 6) is 0.407. The minimum atomic E-state index is -3.82. The number of hydrogen-bond acceptors (Lipinski definition) is 4. The number of rotatable bonds is 7. The van der Waals surface area contributed by atoms with Gasteiger partial charge in [-0.15, -0.1) is 0 Å². The molecule has 30 heavy (non-hydrogen) atoms.